The lowest BCUT2D eigenvalue weighted by molar-refractivity contribution is 0.579. The molecular formula is C13H9Cl2N3O2S. The third-order valence-electron chi connectivity index (χ3n) is 3.11. The van der Waals surface area contributed by atoms with Gasteiger partial charge in [0.1, 0.15) is 15.9 Å². The number of hydrogen-bond acceptors (Lipinski definition) is 4. The maximum absolute atomic E-state index is 12.7. The summed E-state index contributed by atoms with van der Waals surface area (Å²) in [6.45, 7) is 1.66. The summed E-state index contributed by atoms with van der Waals surface area (Å²) in [7, 11) is -3.94. The zero-order valence-electron chi connectivity index (χ0n) is 10.8. The van der Waals surface area contributed by atoms with Crippen LogP contribution in [0.15, 0.2) is 41.3 Å². The fourth-order valence-corrected chi connectivity index (χ4v) is 3.97. The molecule has 0 unspecified atom stereocenters. The van der Waals surface area contributed by atoms with Crippen LogP contribution in [0.3, 0.4) is 0 Å². The predicted octanol–water partition coefficient (Wildman–Crippen LogP) is 3.28. The van der Waals surface area contributed by atoms with Crippen LogP contribution in [0.1, 0.15) is 5.56 Å². The monoisotopic (exact) mass is 341 g/mol. The van der Waals surface area contributed by atoms with E-state index in [1.165, 1.54) is 12.1 Å². The Hall–Kier alpha value is -1.63. The van der Waals surface area contributed by atoms with Crippen LogP contribution in [0.2, 0.25) is 10.0 Å². The van der Waals surface area contributed by atoms with Crippen LogP contribution in [0, 0.1) is 6.92 Å². The molecule has 8 heteroatoms. The maximum Gasteiger partial charge on any atom is 0.286 e. The molecule has 0 aliphatic heterocycles. The number of aromatic nitrogens is 3. The molecule has 3 aromatic rings. The number of hydrogen-bond donors (Lipinski definition) is 0. The van der Waals surface area contributed by atoms with E-state index in [1.54, 1.807) is 31.2 Å². The Morgan fingerprint density at radius 1 is 1.10 bits per heavy atom. The normalized spacial score (nSPS) is 12.0. The Bertz CT molecular complexity index is 951. The minimum absolute atomic E-state index is 0.0540. The van der Waals surface area contributed by atoms with E-state index >= 15 is 0 Å². The zero-order valence-corrected chi connectivity index (χ0v) is 13.1. The topological polar surface area (TPSA) is 64.8 Å². The van der Waals surface area contributed by atoms with E-state index in [0.29, 0.717) is 21.6 Å². The van der Waals surface area contributed by atoms with Gasteiger partial charge >= 0.3 is 0 Å². The van der Waals surface area contributed by atoms with Crippen molar-refractivity contribution in [3.63, 3.8) is 0 Å². The van der Waals surface area contributed by atoms with E-state index in [2.05, 4.69) is 10.3 Å². The Labute approximate surface area is 131 Å². The van der Waals surface area contributed by atoms with Crippen LogP contribution in [-0.4, -0.2) is 22.8 Å². The molecule has 2 aromatic carbocycles. The van der Waals surface area contributed by atoms with Crippen molar-refractivity contribution in [2.75, 3.05) is 0 Å². The fourth-order valence-electron chi connectivity index (χ4n) is 1.95. The highest BCUT2D eigenvalue weighted by atomic mass is 35.5. The van der Waals surface area contributed by atoms with Gasteiger partial charge in [-0.05, 0) is 36.8 Å². The number of para-hydroxylation sites is 1. The van der Waals surface area contributed by atoms with E-state index in [9.17, 15) is 8.42 Å². The fraction of sp³-hybridized carbons (Fsp3) is 0.0769. The zero-order chi connectivity index (χ0) is 15.2. The van der Waals surface area contributed by atoms with Crippen molar-refractivity contribution in [2.45, 2.75) is 11.8 Å². The molecule has 0 radical (unpaired) electrons. The van der Waals surface area contributed by atoms with Gasteiger partial charge in [0.2, 0.25) is 0 Å². The second-order valence-corrected chi connectivity index (χ2v) is 6.93. The van der Waals surface area contributed by atoms with Crippen molar-refractivity contribution in [1.82, 2.24) is 14.4 Å². The van der Waals surface area contributed by atoms with Crippen molar-refractivity contribution >= 4 is 44.3 Å². The number of halogens is 2. The smallest absolute Gasteiger partial charge is 0.199 e. The highest BCUT2D eigenvalue weighted by molar-refractivity contribution is 7.90. The molecule has 21 heavy (non-hydrogen) atoms. The van der Waals surface area contributed by atoms with Gasteiger partial charge in [-0.2, -0.15) is 8.42 Å². The standard InChI is InChI=1S/C13H9Cl2N3O2S/c1-8-9(14)6-7-12(13(8)15)21(19,20)18-11-5-3-2-4-10(11)16-17-18/h2-7H,1H3. The average Bonchev–Trinajstić information content (AvgIpc) is 2.89. The van der Waals surface area contributed by atoms with Crippen molar-refractivity contribution in [2.24, 2.45) is 0 Å². The molecule has 0 N–H and O–H groups in total. The molecular weight excluding hydrogens is 333 g/mol. The summed E-state index contributed by atoms with van der Waals surface area (Å²) in [5.74, 6) is 0. The van der Waals surface area contributed by atoms with Crippen molar-refractivity contribution in [3.05, 3.63) is 52.0 Å². The van der Waals surface area contributed by atoms with E-state index in [4.69, 9.17) is 23.2 Å². The average molecular weight is 342 g/mol. The molecule has 0 aliphatic carbocycles. The first-order chi connectivity index (χ1) is 9.93. The van der Waals surface area contributed by atoms with Crippen LogP contribution >= 0.6 is 23.2 Å². The minimum Gasteiger partial charge on any atom is -0.199 e. The van der Waals surface area contributed by atoms with Crippen LogP contribution in [-0.2, 0) is 10.0 Å². The SMILES string of the molecule is Cc1c(Cl)ccc(S(=O)(=O)n2nnc3ccccc32)c1Cl. The van der Waals surface area contributed by atoms with Gasteiger partial charge in [0, 0.05) is 5.02 Å². The molecule has 3 rings (SSSR count). The summed E-state index contributed by atoms with van der Waals surface area (Å²) in [5.41, 5.74) is 1.38. The number of rotatable bonds is 2. The van der Waals surface area contributed by atoms with Crippen molar-refractivity contribution in [3.8, 4) is 0 Å². The van der Waals surface area contributed by atoms with Gasteiger partial charge in [0.15, 0.2) is 0 Å². The van der Waals surface area contributed by atoms with E-state index in [1.807, 2.05) is 0 Å². The minimum atomic E-state index is -3.94. The van der Waals surface area contributed by atoms with E-state index in [0.717, 1.165) is 4.09 Å². The molecule has 0 saturated carbocycles. The summed E-state index contributed by atoms with van der Waals surface area (Å²) in [5, 5.41) is 8.06. The number of benzene rings is 2. The molecule has 0 saturated heterocycles. The van der Waals surface area contributed by atoms with Gasteiger partial charge in [0.05, 0.1) is 5.02 Å². The third-order valence-corrected chi connectivity index (χ3v) is 5.74. The van der Waals surface area contributed by atoms with Gasteiger partial charge in [-0.25, -0.2) is 0 Å². The third kappa shape index (κ3) is 2.19. The number of fused-ring (bicyclic) bond motifs is 1. The van der Waals surface area contributed by atoms with Crippen LogP contribution in [0.25, 0.3) is 11.0 Å². The van der Waals surface area contributed by atoms with Gasteiger partial charge < -0.3 is 0 Å². The molecule has 108 valence electrons. The Balaban J connectivity index is 2.29. The predicted molar refractivity (Wildman–Crippen MR) is 81.3 cm³/mol. The van der Waals surface area contributed by atoms with Gasteiger partial charge in [-0.1, -0.05) is 40.5 Å². The molecule has 0 bridgehead atoms. The Morgan fingerprint density at radius 2 is 1.81 bits per heavy atom. The molecule has 0 fully saturated rings. The van der Waals surface area contributed by atoms with Gasteiger partial charge in [-0.3, -0.25) is 0 Å². The Morgan fingerprint density at radius 3 is 2.57 bits per heavy atom. The van der Waals surface area contributed by atoms with Crippen molar-refractivity contribution in [1.29, 1.82) is 0 Å². The molecule has 1 heterocycles. The maximum atomic E-state index is 12.7. The van der Waals surface area contributed by atoms with Crippen molar-refractivity contribution < 1.29 is 8.42 Å². The molecule has 0 spiro atoms. The first kappa shape index (κ1) is 14.3. The lowest BCUT2D eigenvalue weighted by atomic mass is 10.2. The summed E-state index contributed by atoms with van der Waals surface area (Å²) < 4.78 is 26.3. The molecule has 1 aromatic heterocycles. The molecule has 0 aliphatic rings. The first-order valence-electron chi connectivity index (χ1n) is 5.93. The largest absolute Gasteiger partial charge is 0.286 e. The number of nitrogens with zero attached hydrogens (tertiary/aromatic N) is 3. The Kier molecular flexibility index (Phi) is 3.39. The van der Waals surface area contributed by atoms with Crippen LogP contribution in [0.5, 0.6) is 0 Å². The lowest BCUT2D eigenvalue weighted by Crippen LogP contribution is -2.15. The highest BCUT2D eigenvalue weighted by Gasteiger charge is 2.25. The van der Waals surface area contributed by atoms with Gasteiger partial charge in [0.25, 0.3) is 10.0 Å². The van der Waals surface area contributed by atoms with Crippen LogP contribution < -0.4 is 0 Å². The molecule has 5 nitrogen and oxygen atoms in total. The van der Waals surface area contributed by atoms with E-state index < -0.39 is 10.0 Å². The lowest BCUT2D eigenvalue weighted by Gasteiger charge is -2.09. The second-order valence-electron chi connectivity index (χ2n) is 4.41. The quantitative estimate of drug-likeness (QED) is 0.717. The second kappa shape index (κ2) is 4.98. The first-order valence-corrected chi connectivity index (χ1v) is 8.13. The van der Waals surface area contributed by atoms with E-state index in [-0.39, 0.29) is 9.92 Å². The summed E-state index contributed by atoms with van der Waals surface area (Å²) in [4.78, 5) is -0.0540. The molecule has 0 amide bonds. The summed E-state index contributed by atoms with van der Waals surface area (Å²) in [6.07, 6.45) is 0. The van der Waals surface area contributed by atoms with Crippen LogP contribution in [0.4, 0.5) is 0 Å². The van der Waals surface area contributed by atoms with Gasteiger partial charge in [-0.15, -0.1) is 9.19 Å². The summed E-state index contributed by atoms with van der Waals surface area (Å²) >= 11 is 12.1. The highest BCUT2D eigenvalue weighted by Crippen LogP contribution is 2.31. The summed E-state index contributed by atoms with van der Waals surface area (Å²) in [6, 6.07) is 9.64. The molecule has 0 atom stereocenters.